The minimum atomic E-state index is -2.85. The van der Waals surface area contributed by atoms with E-state index in [1.165, 1.54) is 17.1 Å². The number of carbonyl (C=O) groups excluding carboxylic acids is 2. The number of hydrogen-bond donors (Lipinski definition) is 3. The number of rotatable bonds is 5. The fraction of sp³-hybridized carbons (Fsp3) is 0.615. The average molecular weight is 313 g/mol. The Morgan fingerprint density at radius 1 is 1.45 bits per heavy atom. The molecule has 1 aromatic rings. The van der Waals surface area contributed by atoms with E-state index in [2.05, 4.69) is 21.0 Å². The fourth-order valence-electron chi connectivity index (χ4n) is 2.29. The Balaban J connectivity index is 1.50. The van der Waals surface area contributed by atoms with Gasteiger partial charge in [0.2, 0.25) is 11.8 Å². The first-order chi connectivity index (χ1) is 10.4. The molecule has 1 aliphatic heterocycles. The third-order valence-electron chi connectivity index (χ3n) is 3.58. The first-order valence-corrected chi connectivity index (χ1v) is 7.15. The molecule has 1 saturated carbocycles. The molecule has 1 unspecified atom stereocenters. The summed E-state index contributed by atoms with van der Waals surface area (Å²) in [5.74, 6) is -3.52. The Morgan fingerprint density at radius 2 is 2.23 bits per heavy atom. The molecule has 1 aliphatic carbocycles. The lowest BCUT2D eigenvalue weighted by molar-refractivity contribution is -0.122. The summed E-state index contributed by atoms with van der Waals surface area (Å²) in [5.41, 5.74) is 0.376. The highest BCUT2D eigenvalue weighted by molar-refractivity contribution is 5.95. The Hall–Kier alpha value is -2.03. The quantitative estimate of drug-likeness (QED) is 0.719. The Bertz CT molecular complexity index is 585. The third kappa shape index (κ3) is 3.79. The van der Waals surface area contributed by atoms with Crippen LogP contribution in [-0.4, -0.2) is 46.1 Å². The first-order valence-electron chi connectivity index (χ1n) is 7.15. The standard InChI is InChI=1S/C13H17F2N5O2/c14-13(15)3-10(16-7-13)12(22)19-9-4-17-20(5-9)6-11(21)18-8-1-2-8/h4-5,8,10,16H,1-3,6-7H2,(H,18,21)(H,19,22). The highest BCUT2D eigenvalue weighted by Crippen LogP contribution is 2.25. The minimum Gasteiger partial charge on any atom is -0.352 e. The van der Waals surface area contributed by atoms with Crippen LogP contribution >= 0.6 is 0 Å². The van der Waals surface area contributed by atoms with Crippen molar-refractivity contribution in [3.63, 3.8) is 0 Å². The van der Waals surface area contributed by atoms with E-state index in [-0.39, 0.29) is 18.5 Å². The van der Waals surface area contributed by atoms with Gasteiger partial charge in [0, 0.05) is 18.7 Å². The van der Waals surface area contributed by atoms with Crippen LogP contribution in [0.2, 0.25) is 0 Å². The average Bonchev–Trinajstić information content (AvgIpc) is 3.00. The molecule has 7 nitrogen and oxygen atoms in total. The Kier molecular flexibility index (Phi) is 3.81. The van der Waals surface area contributed by atoms with Crippen LogP contribution in [0.4, 0.5) is 14.5 Å². The topological polar surface area (TPSA) is 88.1 Å². The van der Waals surface area contributed by atoms with Crippen LogP contribution in [-0.2, 0) is 16.1 Å². The number of amides is 2. The Labute approximate surface area is 125 Å². The summed E-state index contributed by atoms with van der Waals surface area (Å²) in [7, 11) is 0. The summed E-state index contributed by atoms with van der Waals surface area (Å²) in [4.78, 5) is 23.5. The molecule has 2 amide bonds. The number of nitrogens with zero attached hydrogens (tertiary/aromatic N) is 2. The van der Waals surface area contributed by atoms with E-state index in [4.69, 9.17) is 0 Å². The van der Waals surface area contributed by atoms with Crippen LogP contribution in [0.5, 0.6) is 0 Å². The first kappa shape index (κ1) is 14.9. The molecule has 1 saturated heterocycles. The lowest BCUT2D eigenvalue weighted by atomic mass is 10.2. The molecule has 120 valence electrons. The van der Waals surface area contributed by atoms with Gasteiger partial charge in [-0.05, 0) is 12.8 Å². The van der Waals surface area contributed by atoms with Crippen molar-refractivity contribution in [3.8, 4) is 0 Å². The van der Waals surface area contributed by atoms with E-state index in [1.54, 1.807) is 0 Å². The minimum absolute atomic E-state index is 0.0616. The maximum absolute atomic E-state index is 13.0. The number of nitrogens with one attached hydrogen (secondary N) is 3. The second-order valence-electron chi connectivity index (χ2n) is 5.75. The molecule has 0 bridgehead atoms. The van der Waals surface area contributed by atoms with Crippen molar-refractivity contribution >= 4 is 17.5 Å². The zero-order valence-electron chi connectivity index (χ0n) is 11.8. The van der Waals surface area contributed by atoms with E-state index < -0.39 is 30.8 Å². The van der Waals surface area contributed by atoms with Gasteiger partial charge in [0.1, 0.15) is 6.54 Å². The van der Waals surface area contributed by atoms with Gasteiger partial charge in [-0.3, -0.25) is 19.6 Å². The predicted octanol–water partition coefficient (Wildman–Crippen LogP) is 0.0974. The van der Waals surface area contributed by atoms with Gasteiger partial charge in [0.05, 0.1) is 24.5 Å². The molecule has 2 heterocycles. The van der Waals surface area contributed by atoms with Crippen LogP contribution in [0.3, 0.4) is 0 Å². The van der Waals surface area contributed by atoms with Crippen molar-refractivity contribution in [2.45, 2.75) is 43.8 Å². The van der Waals surface area contributed by atoms with E-state index in [1.807, 2.05) is 0 Å². The molecule has 3 rings (SSSR count). The smallest absolute Gasteiger partial charge is 0.262 e. The van der Waals surface area contributed by atoms with E-state index in [0.717, 1.165) is 12.8 Å². The maximum Gasteiger partial charge on any atom is 0.262 e. The van der Waals surface area contributed by atoms with Crippen LogP contribution in [0.1, 0.15) is 19.3 Å². The van der Waals surface area contributed by atoms with E-state index >= 15 is 0 Å². The maximum atomic E-state index is 13.0. The molecular weight excluding hydrogens is 296 g/mol. The Morgan fingerprint density at radius 3 is 2.86 bits per heavy atom. The molecule has 22 heavy (non-hydrogen) atoms. The zero-order valence-corrected chi connectivity index (χ0v) is 11.8. The van der Waals surface area contributed by atoms with Crippen molar-refractivity contribution in [1.29, 1.82) is 0 Å². The van der Waals surface area contributed by atoms with Gasteiger partial charge in [-0.25, -0.2) is 8.78 Å². The highest BCUT2D eigenvalue weighted by Gasteiger charge is 2.42. The van der Waals surface area contributed by atoms with E-state index in [9.17, 15) is 18.4 Å². The van der Waals surface area contributed by atoms with Crippen molar-refractivity contribution in [2.24, 2.45) is 0 Å². The molecule has 1 aromatic heterocycles. The number of anilines is 1. The second kappa shape index (κ2) is 5.64. The van der Waals surface area contributed by atoms with E-state index in [0.29, 0.717) is 5.69 Å². The van der Waals surface area contributed by atoms with Crippen LogP contribution in [0.25, 0.3) is 0 Å². The summed E-state index contributed by atoms with van der Waals surface area (Å²) in [6, 6.07) is -0.645. The summed E-state index contributed by atoms with van der Waals surface area (Å²) >= 11 is 0. The SMILES string of the molecule is O=C(Cn1cc(NC(=O)C2CC(F)(F)CN2)cn1)NC1CC1. The molecule has 0 radical (unpaired) electrons. The molecule has 3 N–H and O–H groups in total. The fourth-order valence-corrected chi connectivity index (χ4v) is 2.29. The molecule has 1 atom stereocenters. The number of carbonyl (C=O) groups is 2. The monoisotopic (exact) mass is 313 g/mol. The molecule has 9 heteroatoms. The third-order valence-corrected chi connectivity index (χ3v) is 3.58. The van der Waals surface area contributed by atoms with Crippen LogP contribution < -0.4 is 16.0 Å². The predicted molar refractivity (Wildman–Crippen MR) is 73.4 cm³/mol. The number of halogens is 2. The summed E-state index contributed by atoms with van der Waals surface area (Å²) < 4.78 is 27.5. The van der Waals surface area contributed by atoms with Gasteiger partial charge in [0.25, 0.3) is 5.92 Å². The number of aromatic nitrogens is 2. The molecule has 0 aromatic carbocycles. The van der Waals surface area contributed by atoms with Crippen molar-refractivity contribution in [2.75, 3.05) is 11.9 Å². The summed E-state index contributed by atoms with van der Waals surface area (Å²) in [5, 5.41) is 11.8. The molecule has 2 fully saturated rings. The second-order valence-corrected chi connectivity index (χ2v) is 5.75. The number of hydrogen-bond acceptors (Lipinski definition) is 4. The van der Waals surface area contributed by atoms with Gasteiger partial charge >= 0.3 is 0 Å². The largest absolute Gasteiger partial charge is 0.352 e. The van der Waals surface area contributed by atoms with Gasteiger partial charge in [-0.15, -0.1) is 0 Å². The lowest BCUT2D eigenvalue weighted by Crippen LogP contribution is -2.35. The van der Waals surface area contributed by atoms with Crippen molar-refractivity contribution in [1.82, 2.24) is 20.4 Å². The highest BCUT2D eigenvalue weighted by atomic mass is 19.3. The number of alkyl halides is 2. The van der Waals surface area contributed by atoms with Gasteiger partial charge in [-0.2, -0.15) is 5.10 Å². The van der Waals surface area contributed by atoms with Gasteiger partial charge < -0.3 is 10.6 Å². The molecule has 0 spiro atoms. The lowest BCUT2D eigenvalue weighted by Gasteiger charge is -2.09. The van der Waals surface area contributed by atoms with Crippen molar-refractivity contribution in [3.05, 3.63) is 12.4 Å². The summed E-state index contributed by atoms with van der Waals surface area (Å²) in [6.07, 6.45) is 4.37. The van der Waals surface area contributed by atoms with Gasteiger partial charge in [-0.1, -0.05) is 0 Å². The van der Waals surface area contributed by atoms with Crippen LogP contribution in [0.15, 0.2) is 12.4 Å². The summed E-state index contributed by atoms with van der Waals surface area (Å²) in [6.45, 7) is -0.433. The van der Waals surface area contributed by atoms with Gasteiger partial charge in [0.15, 0.2) is 0 Å². The normalized spacial score (nSPS) is 23.3. The van der Waals surface area contributed by atoms with Crippen LogP contribution in [0, 0.1) is 0 Å². The van der Waals surface area contributed by atoms with Crippen molar-refractivity contribution < 1.29 is 18.4 Å². The molecule has 2 aliphatic rings. The molecular formula is C13H17F2N5O2. The zero-order chi connectivity index (χ0) is 15.7.